The maximum atomic E-state index is 12.3. The SMILES string of the molecule is COc1ccccc1OCC(=O)N1CCN(CC(=O)NC2CC2)CC1. The number of benzene rings is 1. The second kappa shape index (κ2) is 8.20. The third-order valence-electron chi connectivity index (χ3n) is 4.45. The molecule has 1 aromatic rings. The van der Waals surface area contributed by atoms with Gasteiger partial charge < -0.3 is 19.7 Å². The van der Waals surface area contributed by atoms with E-state index in [1.54, 1.807) is 24.1 Å². The van der Waals surface area contributed by atoms with E-state index in [4.69, 9.17) is 9.47 Å². The predicted molar refractivity (Wildman–Crippen MR) is 92.7 cm³/mol. The minimum absolute atomic E-state index is 0.0114. The first-order valence-electron chi connectivity index (χ1n) is 8.71. The minimum Gasteiger partial charge on any atom is -0.493 e. The van der Waals surface area contributed by atoms with Crippen LogP contribution in [0.1, 0.15) is 12.8 Å². The summed E-state index contributed by atoms with van der Waals surface area (Å²) in [4.78, 5) is 28.0. The summed E-state index contributed by atoms with van der Waals surface area (Å²) in [6.45, 7) is 3.05. The summed E-state index contributed by atoms with van der Waals surface area (Å²) in [5.74, 6) is 1.21. The van der Waals surface area contributed by atoms with E-state index in [2.05, 4.69) is 10.2 Å². The van der Waals surface area contributed by atoms with Gasteiger partial charge in [-0.2, -0.15) is 0 Å². The standard InChI is InChI=1S/C18H25N3O4/c1-24-15-4-2-3-5-16(15)25-13-18(23)21-10-8-20(9-11-21)12-17(22)19-14-6-7-14/h2-5,14H,6-13H2,1H3,(H,19,22). The van der Waals surface area contributed by atoms with E-state index in [1.165, 1.54) is 0 Å². The van der Waals surface area contributed by atoms with Gasteiger partial charge in [-0.05, 0) is 25.0 Å². The molecule has 2 fully saturated rings. The van der Waals surface area contributed by atoms with Crippen LogP contribution in [0.2, 0.25) is 0 Å². The summed E-state index contributed by atoms with van der Waals surface area (Å²) in [7, 11) is 1.57. The van der Waals surface area contributed by atoms with E-state index in [9.17, 15) is 9.59 Å². The molecular formula is C18H25N3O4. The summed E-state index contributed by atoms with van der Waals surface area (Å²) < 4.78 is 10.8. The summed E-state index contributed by atoms with van der Waals surface area (Å²) in [6.07, 6.45) is 2.19. The molecule has 0 aromatic heterocycles. The smallest absolute Gasteiger partial charge is 0.260 e. The average molecular weight is 347 g/mol. The molecule has 1 saturated heterocycles. The van der Waals surface area contributed by atoms with Gasteiger partial charge in [-0.25, -0.2) is 0 Å². The predicted octanol–water partition coefficient (Wildman–Crippen LogP) is 0.497. The Morgan fingerprint density at radius 3 is 2.44 bits per heavy atom. The van der Waals surface area contributed by atoms with E-state index < -0.39 is 0 Å². The monoisotopic (exact) mass is 347 g/mol. The Hall–Kier alpha value is -2.28. The molecule has 0 bridgehead atoms. The van der Waals surface area contributed by atoms with Crippen LogP contribution in [0.15, 0.2) is 24.3 Å². The van der Waals surface area contributed by atoms with Gasteiger partial charge in [0.15, 0.2) is 18.1 Å². The Morgan fingerprint density at radius 2 is 1.80 bits per heavy atom. The summed E-state index contributed by atoms with van der Waals surface area (Å²) in [5, 5.41) is 2.99. The van der Waals surface area contributed by atoms with Crippen molar-refractivity contribution in [3.05, 3.63) is 24.3 Å². The number of methoxy groups -OCH3 is 1. The molecule has 136 valence electrons. The quantitative estimate of drug-likeness (QED) is 0.778. The van der Waals surface area contributed by atoms with Gasteiger partial charge in [0.05, 0.1) is 13.7 Å². The van der Waals surface area contributed by atoms with Crippen LogP contribution in [-0.2, 0) is 9.59 Å². The van der Waals surface area contributed by atoms with Gasteiger partial charge in [0, 0.05) is 32.2 Å². The fourth-order valence-electron chi connectivity index (χ4n) is 2.83. The molecule has 2 aliphatic rings. The van der Waals surface area contributed by atoms with Gasteiger partial charge in [0.25, 0.3) is 5.91 Å². The molecule has 0 spiro atoms. The van der Waals surface area contributed by atoms with Crippen LogP contribution >= 0.6 is 0 Å². The van der Waals surface area contributed by atoms with Crippen LogP contribution in [0.25, 0.3) is 0 Å². The van der Waals surface area contributed by atoms with Gasteiger partial charge >= 0.3 is 0 Å². The summed E-state index contributed by atoms with van der Waals surface area (Å²) in [6, 6.07) is 7.66. The topological polar surface area (TPSA) is 71.1 Å². The highest BCUT2D eigenvalue weighted by molar-refractivity contribution is 5.79. The van der Waals surface area contributed by atoms with E-state index >= 15 is 0 Å². The van der Waals surface area contributed by atoms with Crippen LogP contribution in [0, 0.1) is 0 Å². The van der Waals surface area contributed by atoms with Crippen molar-refractivity contribution in [3.8, 4) is 11.5 Å². The average Bonchev–Trinajstić information content (AvgIpc) is 3.44. The van der Waals surface area contributed by atoms with Crippen molar-refractivity contribution in [2.45, 2.75) is 18.9 Å². The molecule has 1 N–H and O–H groups in total. The molecule has 1 saturated carbocycles. The molecule has 25 heavy (non-hydrogen) atoms. The van der Waals surface area contributed by atoms with Gasteiger partial charge in [-0.15, -0.1) is 0 Å². The van der Waals surface area contributed by atoms with Crippen LogP contribution in [0.4, 0.5) is 0 Å². The molecule has 1 aliphatic heterocycles. The normalized spacial score (nSPS) is 17.9. The number of para-hydroxylation sites is 2. The van der Waals surface area contributed by atoms with Crippen LogP contribution in [-0.4, -0.2) is 74.1 Å². The van der Waals surface area contributed by atoms with Gasteiger partial charge in [0.2, 0.25) is 5.91 Å². The molecule has 0 atom stereocenters. The largest absolute Gasteiger partial charge is 0.493 e. The van der Waals surface area contributed by atoms with Crippen LogP contribution in [0.3, 0.4) is 0 Å². The Kier molecular flexibility index (Phi) is 5.75. The highest BCUT2D eigenvalue weighted by atomic mass is 16.5. The number of hydrogen-bond donors (Lipinski definition) is 1. The number of nitrogens with zero attached hydrogens (tertiary/aromatic N) is 2. The van der Waals surface area contributed by atoms with Crippen LogP contribution < -0.4 is 14.8 Å². The number of amides is 2. The van der Waals surface area contributed by atoms with Crippen molar-refractivity contribution < 1.29 is 19.1 Å². The number of carbonyl (C=O) groups is 2. The molecule has 1 heterocycles. The number of piperazine rings is 1. The maximum Gasteiger partial charge on any atom is 0.260 e. The Morgan fingerprint density at radius 1 is 1.12 bits per heavy atom. The van der Waals surface area contributed by atoms with E-state index in [0.29, 0.717) is 50.3 Å². The lowest BCUT2D eigenvalue weighted by molar-refractivity contribution is -0.135. The summed E-state index contributed by atoms with van der Waals surface area (Å²) >= 11 is 0. The molecule has 0 unspecified atom stereocenters. The fraction of sp³-hybridized carbons (Fsp3) is 0.556. The fourth-order valence-corrected chi connectivity index (χ4v) is 2.83. The van der Waals surface area contributed by atoms with E-state index in [1.807, 2.05) is 12.1 Å². The van der Waals surface area contributed by atoms with Gasteiger partial charge in [0.1, 0.15) is 0 Å². The first-order valence-corrected chi connectivity index (χ1v) is 8.71. The highest BCUT2D eigenvalue weighted by Gasteiger charge is 2.26. The lowest BCUT2D eigenvalue weighted by atomic mass is 10.3. The van der Waals surface area contributed by atoms with E-state index in [0.717, 1.165) is 12.8 Å². The highest BCUT2D eigenvalue weighted by Crippen LogP contribution is 2.25. The molecule has 3 rings (SSSR count). The third kappa shape index (κ3) is 5.09. The zero-order chi connectivity index (χ0) is 17.6. The zero-order valence-corrected chi connectivity index (χ0v) is 14.6. The molecule has 1 aromatic carbocycles. The Balaban J connectivity index is 1.39. The van der Waals surface area contributed by atoms with Crippen molar-refractivity contribution in [1.29, 1.82) is 0 Å². The second-order valence-electron chi connectivity index (χ2n) is 6.44. The summed E-state index contributed by atoms with van der Waals surface area (Å²) in [5.41, 5.74) is 0. The molecule has 7 heteroatoms. The van der Waals surface area contributed by atoms with Crippen molar-refractivity contribution in [1.82, 2.24) is 15.1 Å². The second-order valence-corrected chi connectivity index (χ2v) is 6.44. The number of nitrogens with one attached hydrogen (secondary N) is 1. The number of carbonyl (C=O) groups excluding carboxylic acids is 2. The van der Waals surface area contributed by atoms with Crippen molar-refractivity contribution >= 4 is 11.8 Å². The molecule has 1 aliphatic carbocycles. The zero-order valence-electron chi connectivity index (χ0n) is 14.6. The molecule has 0 radical (unpaired) electrons. The Labute approximate surface area is 147 Å². The van der Waals surface area contributed by atoms with Crippen LogP contribution in [0.5, 0.6) is 11.5 Å². The third-order valence-corrected chi connectivity index (χ3v) is 4.45. The lowest BCUT2D eigenvalue weighted by Crippen LogP contribution is -2.52. The first kappa shape index (κ1) is 17.5. The van der Waals surface area contributed by atoms with Crippen molar-refractivity contribution in [2.24, 2.45) is 0 Å². The molecular weight excluding hydrogens is 322 g/mol. The molecule has 2 amide bonds. The van der Waals surface area contributed by atoms with Crippen molar-refractivity contribution in [3.63, 3.8) is 0 Å². The van der Waals surface area contributed by atoms with Gasteiger partial charge in [-0.1, -0.05) is 12.1 Å². The first-order chi connectivity index (χ1) is 12.2. The maximum absolute atomic E-state index is 12.3. The number of rotatable bonds is 7. The Bertz CT molecular complexity index is 610. The van der Waals surface area contributed by atoms with Gasteiger partial charge in [-0.3, -0.25) is 14.5 Å². The number of ether oxygens (including phenoxy) is 2. The molecule has 7 nitrogen and oxygen atoms in total. The van der Waals surface area contributed by atoms with E-state index in [-0.39, 0.29) is 18.4 Å². The van der Waals surface area contributed by atoms with Crippen molar-refractivity contribution in [2.75, 3.05) is 46.4 Å². The minimum atomic E-state index is -0.0482. The number of hydrogen-bond acceptors (Lipinski definition) is 5. The lowest BCUT2D eigenvalue weighted by Gasteiger charge is -2.34.